The second kappa shape index (κ2) is 8.48. The van der Waals surface area contributed by atoms with E-state index in [0.29, 0.717) is 15.8 Å². The summed E-state index contributed by atoms with van der Waals surface area (Å²) >= 11 is 3.16. The van der Waals surface area contributed by atoms with Gasteiger partial charge in [0.05, 0.1) is 12.7 Å². The Hall–Kier alpha value is -2.61. The SMILES string of the molecule is COc1ccc(OCC(=O)O)c(C(=O)NCc2ccc(Br)cc2F)c1. The van der Waals surface area contributed by atoms with Gasteiger partial charge in [-0.2, -0.15) is 0 Å². The third kappa shape index (κ3) is 5.18. The maximum absolute atomic E-state index is 13.8. The largest absolute Gasteiger partial charge is 0.497 e. The van der Waals surface area contributed by atoms with Crippen LogP contribution in [-0.4, -0.2) is 30.7 Å². The molecule has 2 aromatic rings. The van der Waals surface area contributed by atoms with Crippen molar-refractivity contribution < 1.29 is 28.6 Å². The summed E-state index contributed by atoms with van der Waals surface area (Å²) in [5.74, 6) is -1.66. The molecule has 2 N–H and O–H groups in total. The molecule has 0 radical (unpaired) electrons. The van der Waals surface area contributed by atoms with Gasteiger partial charge >= 0.3 is 5.97 Å². The highest BCUT2D eigenvalue weighted by molar-refractivity contribution is 9.10. The van der Waals surface area contributed by atoms with Crippen LogP contribution in [0.5, 0.6) is 11.5 Å². The van der Waals surface area contributed by atoms with Crippen molar-refractivity contribution in [2.24, 2.45) is 0 Å². The fourth-order valence-corrected chi connectivity index (χ4v) is 2.35. The van der Waals surface area contributed by atoms with E-state index in [4.69, 9.17) is 14.6 Å². The molecule has 0 spiro atoms. The number of aliphatic carboxylic acids is 1. The molecule has 0 aliphatic rings. The number of nitrogens with one attached hydrogen (secondary N) is 1. The van der Waals surface area contributed by atoms with Crippen LogP contribution in [-0.2, 0) is 11.3 Å². The lowest BCUT2D eigenvalue weighted by molar-refractivity contribution is -0.139. The van der Waals surface area contributed by atoms with Crippen molar-refractivity contribution in [3.63, 3.8) is 0 Å². The van der Waals surface area contributed by atoms with Crippen molar-refractivity contribution in [1.29, 1.82) is 0 Å². The number of carbonyl (C=O) groups excluding carboxylic acids is 1. The standard InChI is InChI=1S/C17H15BrFNO5/c1-24-12-4-5-15(25-9-16(21)22)13(7-12)17(23)20-8-10-2-3-11(18)6-14(10)19/h2-7H,8-9H2,1H3,(H,20,23)(H,21,22). The molecule has 2 aromatic carbocycles. The minimum atomic E-state index is -1.17. The molecule has 0 fully saturated rings. The van der Waals surface area contributed by atoms with Crippen molar-refractivity contribution in [1.82, 2.24) is 5.32 Å². The summed E-state index contributed by atoms with van der Waals surface area (Å²) in [6, 6.07) is 8.92. The zero-order chi connectivity index (χ0) is 18.4. The number of ether oxygens (including phenoxy) is 2. The first kappa shape index (κ1) is 18.7. The lowest BCUT2D eigenvalue weighted by Crippen LogP contribution is -2.24. The summed E-state index contributed by atoms with van der Waals surface area (Å²) < 4.78 is 24.6. The molecule has 0 aliphatic heterocycles. The Balaban J connectivity index is 2.17. The molecular weight excluding hydrogens is 397 g/mol. The van der Waals surface area contributed by atoms with Gasteiger partial charge in [-0.15, -0.1) is 0 Å². The minimum Gasteiger partial charge on any atom is -0.497 e. The molecule has 1 amide bonds. The Morgan fingerprint density at radius 3 is 2.64 bits per heavy atom. The molecule has 0 heterocycles. The number of methoxy groups -OCH3 is 1. The van der Waals surface area contributed by atoms with Crippen LogP contribution >= 0.6 is 15.9 Å². The third-order valence-corrected chi connectivity index (χ3v) is 3.73. The van der Waals surface area contributed by atoms with Crippen LogP contribution in [0.1, 0.15) is 15.9 Å². The maximum Gasteiger partial charge on any atom is 0.341 e. The molecule has 6 nitrogen and oxygen atoms in total. The zero-order valence-electron chi connectivity index (χ0n) is 13.2. The van der Waals surface area contributed by atoms with Crippen molar-refractivity contribution in [2.75, 3.05) is 13.7 Å². The molecule has 0 atom stereocenters. The monoisotopic (exact) mass is 411 g/mol. The highest BCUT2D eigenvalue weighted by atomic mass is 79.9. The highest BCUT2D eigenvalue weighted by Gasteiger charge is 2.16. The fourth-order valence-electron chi connectivity index (χ4n) is 2.01. The number of amides is 1. The second-order valence-corrected chi connectivity index (χ2v) is 5.88. The van der Waals surface area contributed by atoms with E-state index < -0.39 is 24.3 Å². The summed E-state index contributed by atoms with van der Waals surface area (Å²) in [6.45, 7) is -0.624. The summed E-state index contributed by atoms with van der Waals surface area (Å²) in [7, 11) is 1.44. The molecule has 2 rings (SSSR count). The van der Waals surface area contributed by atoms with Crippen LogP contribution in [0, 0.1) is 5.82 Å². The highest BCUT2D eigenvalue weighted by Crippen LogP contribution is 2.24. The Labute approximate surface area is 151 Å². The molecule has 0 aliphatic carbocycles. The van der Waals surface area contributed by atoms with E-state index in [2.05, 4.69) is 21.2 Å². The topological polar surface area (TPSA) is 84.9 Å². The third-order valence-electron chi connectivity index (χ3n) is 3.24. The first-order valence-electron chi connectivity index (χ1n) is 7.15. The van der Waals surface area contributed by atoms with Crippen molar-refractivity contribution >= 4 is 27.8 Å². The number of rotatable bonds is 7. The van der Waals surface area contributed by atoms with Crippen LogP contribution in [0.25, 0.3) is 0 Å². The lowest BCUT2D eigenvalue weighted by Gasteiger charge is -2.12. The molecule has 0 saturated heterocycles. The summed E-state index contributed by atoms with van der Waals surface area (Å²) in [5.41, 5.74) is 0.408. The van der Waals surface area contributed by atoms with E-state index in [1.807, 2.05) is 0 Å². The van der Waals surface area contributed by atoms with Crippen molar-refractivity contribution in [2.45, 2.75) is 6.54 Å². The maximum atomic E-state index is 13.8. The number of benzene rings is 2. The number of carbonyl (C=O) groups is 2. The number of carboxylic acid groups (broad SMARTS) is 1. The molecule has 0 bridgehead atoms. The van der Waals surface area contributed by atoms with E-state index in [9.17, 15) is 14.0 Å². The van der Waals surface area contributed by atoms with Crippen molar-refractivity contribution in [3.8, 4) is 11.5 Å². The number of hydrogen-bond donors (Lipinski definition) is 2. The summed E-state index contributed by atoms with van der Waals surface area (Å²) in [5, 5.41) is 11.3. The molecule has 0 unspecified atom stereocenters. The van der Waals surface area contributed by atoms with Gasteiger partial charge in [0.15, 0.2) is 6.61 Å². The van der Waals surface area contributed by atoms with Gasteiger partial charge in [-0.25, -0.2) is 9.18 Å². The first-order valence-corrected chi connectivity index (χ1v) is 7.94. The van der Waals surface area contributed by atoms with E-state index in [1.165, 1.54) is 25.3 Å². The predicted molar refractivity (Wildman–Crippen MR) is 91.4 cm³/mol. The van der Waals surface area contributed by atoms with Gasteiger partial charge in [0, 0.05) is 16.6 Å². The number of halogens is 2. The van der Waals surface area contributed by atoms with Crippen LogP contribution in [0.4, 0.5) is 4.39 Å². The Morgan fingerprint density at radius 2 is 2.00 bits per heavy atom. The number of hydrogen-bond acceptors (Lipinski definition) is 4. The Morgan fingerprint density at radius 1 is 1.24 bits per heavy atom. The molecule has 0 aromatic heterocycles. The Bertz CT molecular complexity index is 797. The predicted octanol–water partition coefficient (Wildman–Crippen LogP) is 2.99. The lowest BCUT2D eigenvalue weighted by atomic mass is 10.1. The number of carboxylic acids is 1. The zero-order valence-corrected chi connectivity index (χ0v) is 14.8. The van der Waals surface area contributed by atoms with Crippen molar-refractivity contribution in [3.05, 3.63) is 57.8 Å². The van der Waals surface area contributed by atoms with Crippen LogP contribution in [0.2, 0.25) is 0 Å². The average molecular weight is 412 g/mol. The van der Waals surface area contributed by atoms with Gasteiger partial charge in [0.25, 0.3) is 5.91 Å². The van der Waals surface area contributed by atoms with Gasteiger partial charge in [0.2, 0.25) is 0 Å². The van der Waals surface area contributed by atoms with Gasteiger partial charge in [0.1, 0.15) is 17.3 Å². The summed E-state index contributed by atoms with van der Waals surface area (Å²) in [6.07, 6.45) is 0. The average Bonchev–Trinajstić information content (AvgIpc) is 2.58. The van der Waals surface area contributed by atoms with E-state index in [-0.39, 0.29) is 17.9 Å². The molecule has 132 valence electrons. The van der Waals surface area contributed by atoms with Gasteiger partial charge in [-0.05, 0) is 30.3 Å². The van der Waals surface area contributed by atoms with E-state index in [1.54, 1.807) is 18.2 Å². The molecule has 25 heavy (non-hydrogen) atoms. The van der Waals surface area contributed by atoms with Gasteiger partial charge < -0.3 is 19.9 Å². The molecular formula is C17H15BrFNO5. The Kier molecular flexibility index (Phi) is 6.35. The van der Waals surface area contributed by atoms with Crippen LogP contribution in [0.15, 0.2) is 40.9 Å². The van der Waals surface area contributed by atoms with Gasteiger partial charge in [-0.3, -0.25) is 4.79 Å². The minimum absolute atomic E-state index is 0.0342. The second-order valence-electron chi connectivity index (χ2n) is 4.96. The normalized spacial score (nSPS) is 10.2. The van der Waals surface area contributed by atoms with E-state index >= 15 is 0 Å². The fraction of sp³-hybridized carbons (Fsp3) is 0.176. The van der Waals surface area contributed by atoms with Crippen LogP contribution < -0.4 is 14.8 Å². The van der Waals surface area contributed by atoms with E-state index in [0.717, 1.165) is 0 Å². The molecule has 0 saturated carbocycles. The molecule has 8 heteroatoms. The quantitative estimate of drug-likeness (QED) is 0.731. The first-order chi connectivity index (χ1) is 11.9. The summed E-state index contributed by atoms with van der Waals surface area (Å²) in [4.78, 5) is 23.1. The smallest absolute Gasteiger partial charge is 0.341 e. The van der Waals surface area contributed by atoms with Crippen LogP contribution in [0.3, 0.4) is 0 Å². The van der Waals surface area contributed by atoms with Gasteiger partial charge in [-0.1, -0.05) is 22.0 Å².